The van der Waals surface area contributed by atoms with Gasteiger partial charge in [0.1, 0.15) is 0 Å². The van der Waals surface area contributed by atoms with Crippen LogP contribution in [0.25, 0.3) is 0 Å². The molecule has 0 aliphatic rings. The summed E-state index contributed by atoms with van der Waals surface area (Å²) >= 11 is 7.67. The number of aliphatic hydroxyl groups excluding tert-OH is 1. The number of rotatable bonds is 7. The van der Waals surface area contributed by atoms with Crippen molar-refractivity contribution < 1.29 is 5.11 Å². The van der Waals surface area contributed by atoms with E-state index in [9.17, 15) is 0 Å². The maximum Gasteiger partial charge on any atom is 0.0555 e. The molecule has 0 heterocycles. The van der Waals surface area contributed by atoms with Crippen molar-refractivity contribution in [3.05, 3.63) is 34.9 Å². The van der Waals surface area contributed by atoms with Crippen LogP contribution in [0.3, 0.4) is 0 Å². The van der Waals surface area contributed by atoms with E-state index in [0.29, 0.717) is 6.54 Å². The molecule has 0 aliphatic heterocycles. The van der Waals surface area contributed by atoms with Crippen molar-refractivity contribution in [3.63, 3.8) is 0 Å². The lowest BCUT2D eigenvalue weighted by atomic mass is 10.2. The molecule has 1 rings (SSSR count). The Morgan fingerprint density at radius 2 is 1.93 bits per heavy atom. The normalized spacial score (nSPS) is 10.5. The van der Waals surface area contributed by atoms with Gasteiger partial charge in [-0.2, -0.15) is 11.8 Å². The minimum absolute atomic E-state index is 0.210. The molecule has 0 radical (unpaired) electrons. The van der Waals surface area contributed by atoms with Gasteiger partial charge in [0.25, 0.3) is 0 Å². The van der Waals surface area contributed by atoms with Crippen molar-refractivity contribution in [2.45, 2.75) is 5.75 Å². The van der Waals surface area contributed by atoms with Crippen LogP contribution in [0.4, 0.5) is 0 Å². The number of halogens is 1. The molecule has 0 atom stereocenters. The van der Waals surface area contributed by atoms with E-state index in [2.05, 4.69) is 17.4 Å². The summed E-state index contributed by atoms with van der Waals surface area (Å²) in [5, 5.41) is 12.5. The molecule has 84 valence electrons. The van der Waals surface area contributed by atoms with Crippen molar-refractivity contribution in [1.29, 1.82) is 0 Å². The van der Waals surface area contributed by atoms with Gasteiger partial charge in [-0.05, 0) is 17.7 Å². The van der Waals surface area contributed by atoms with E-state index in [1.165, 1.54) is 5.56 Å². The molecule has 0 saturated heterocycles. The summed E-state index contributed by atoms with van der Waals surface area (Å²) in [6.45, 7) is 1.84. The Kier molecular flexibility index (Phi) is 6.85. The third-order valence-electron chi connectivity index (χ3n) is 1.89. The van der Waals surface area contributed by atoms with E-state index >= 15 is 0 Å². The van der Waals surface area contributed by atoms with Crippen molar-refractivity contribution in [3.8, 4) is 0 Å². The van der Waals surface area contributed by atoms with E-state index < -0.39 is 0 Å². The average Bonchev–Trinajstić information content (AvgIpc) is 2.26. The van der Waals surface area contributed by atoms with E-state index in [1.54, 1.807) is 0 Å². The molecule has 0 amide bonds. The van der Waals surface area contributed by atoms with Crippen LogP contribution in [-0.4, -0.2) is 30.6 Å². The summed E-state index contributed by atoms with van der Waals surface area (Å²) < 4.78 is 0. The number of aliphatic hydroxyl groups is 1. The van der Waals surface area contributed by atoms with Gasteiger partial charge in [0.15, 0.2) is 0 Å². The van der Waals surface area contributed by atoms with Crippen LogP contribution in [0.2, 0.25) is 5.02 Å². The Bertz CT molecular complexity index is 266. The Morgan fingerprint density at radius 1 is 1.20 bits per heavy atom. The first-order valence-electron chi connectivity index (χ1n) is 4.96. The predicted molar refractivity (Wildman–Crippen MR) is 67.6 cm³/mol. The second-order valence-corrected chi connectivity index (χ2v) is 4.69. The lowest BCUT2D eigenvalue weighted by Gasteiger charge is -2.03. The minimum Gasteiger partial charge on any atom is -0.395 e. The maximum absolute atomic E-state index is 8.54. The van der Waals surface area contributed by atoms with Gasteiger partial charge in [-0.25, -0.2) is 0 Å². The molecule has 1 aromatic rings. The quantitative estimate of drug-likeness (QED) is 0.722. The van der Waals surface area contributed by atoms with Crippen LogP contribution in [-0.2, 0) is 5.75 Å². The molecule has 0 spiro atoms. The fraction of sp³-hybridized carbons (Fsp3) is 0.455. The zero-order valence-corrected chi connectivity index (χ0v) is 10.2. The molecule has 2 N–H and O–H groups in total. The molecule has 1 aromatic carbocycles. The largest absolute Gasteiger partial charge is 0.395 e. The molecule has 0 saturated carbocycles. The van der Waals surface area contributed by atoms with Gasteiger partial charge in [-0.1, -0.05) is 23.7 Å². The summed E-state index contributed by atoms with van der Waals surface area (Å²) in [5.74, 6) is 2.07. The molecule has 4 heteroatoms. The van der Waals surface area contributed by atoms with Crippen LogP contribution < -0.4 is 5.32 Å². The van der Waals surface area contributed by atoms with Gasteiger partial charge in [0.05, 0.1) is 6.61 Å². The van der Waals surface area contributed by atoms with Crippen molar-refractivity contribution >= 4 is 23.4 Å². The summed E-state index contributed by atoms with van der Waals surface area (Å²) in [6.07, 6.45) is 0. The Morgan fingerprint density at radius 3 is 2.60 bits per heavy atom. The third kappa shape index (κ3) is 6.05. The maximum atomic E-state index is 8.54. The highest BCUT2D eigenvalue weighted by atomic mass is 35.5. The minimum atomic E-state index is 0.210. The molecule has 0 aliphatic carbocycles. The number of thioether (sulfide) groups is 1. The fourth-order valence-electron chi connectivity index (χ4n) is 1.12. The lowest BCUT2D eigenvalue weighted by molar-refractivity contribution is 0.294. The number of hydrogen-bond donors (Lipinski definition) is 2. The lowest BCUT2D eigenvalue weighted by Crippen LogP contribution is -2.20. The van der Waals surface area contributed by atoms with Crippen molar-refractivity contribution in [1.82, 2.24) is 5.32 Å². The predicted octanol–water partition coefficient (Wildman–Crippen LogP) is 2.16. The highest BCUT2D eigenvalue weighted by Crippen LogP contribution is 2.14. The molecular formula is C11H16ClNOS. The van der Waals surface area contributed by atoms with Crippen LogP contribution >= 0.6 is 23.4 Å². The first-order valence-corrected chi connectivity index (χ1v) is 6.50. The van der Waals surface area contributed by atoms with E-state index in [1.807, 2.05) is 23.9 Å². The van der Waals surface area contributed by atoms with E-state index in [-0.39, 0.29) is 6.61 Å². The second kappa shape index (κ2) is 7.99. The van der Waals surface area contributed by atoms with Gasteiger partial charge >= 0.3 is 0 Å². The molecule has 0 unspecified atom stereocenters. The van der Waals surface area contributed by atoms with Crippen molar-refractivity contribution in [2.24, 2.45) is 0 Å². The zero-order valence-electron chi connectivity index (χ0n) is 8.58. The Balaban J connectivity index is 2.07. The highest BCUT2D eigenvalue weighted by Gasteiger charge is 1.93. The fourth-order valence-corrected chi connectivity index (χ4v) is 2.11. The van der Waals surface area contributed by atoms with Crippen LogP contribution in [0, 0.1) is 0 Å². The summed E-state index contributed by atoms with van der Waals surface area (Å²) in [4.78, 5) is 0. The molecule has 0 bridgehead atoms. The Hall–Kier alpha value is -0.220. The van der Waals surface area contributed by atoms with E-state index in [4.69, 9.17) is 16.7 Å². The summed E-state index contributed by atoms with van der Waals surface area (Å²) in [6, 6.07) is 7.94. The van der Waals surface area contributed by atoms with Gasteiger partial charge in [-0.3, -0.25) is 0 Å². The molecule has 15 heavy (non-hydrogen) atoms. The monoisotopic (exact) mass is 245 g/mol. The van der Waals surface area contributed by atoms with Crippen LogP contribution in [0.5, 0.6) is 0 Å². The first kappa shape index (κ1) is 12.8. The van der Waals surface area contributed by atoms with E-state index in [0.717, 1.165) is 23.1 Å². The number of hydrogen-bond acceptors (Lipinski definition) is 3. The molecular weight excluding hydrogens is 230 g/mol. The molecule has 0 fully saturated rings. The summed E-state index contributed by atoms with van der Waals surface area (Å²) in [5.41, 5.74) is 1.30. The molecule has 0 aromatic heterocycles. The topological polar surface area (TPSA) is 32.3 Å². The SMILES string of the molecule is OCCNCCSCc1ccc(Cl)cc1. The van der Waals surface area contributed by atoms with Gasteiger partial charge in [0, 0.05) is 29.6 Å². The van der Waals surface area contributed by atoms with Gasteiger partial charge in [-0.15, -0.1) is 0 Å². The second-order valence-electron chi connectivity index (χ2n) is 3.15. The number of nitrogens with one attached hydrogen (secondary N) is 1. The Labute approximate surface area is 100 Å². The van der Waals surface area contributed by atoms with Crippen LogP contribution in [0.15, 0.2) is 24.3 Å². The van der Waals surface area contributed by atoms with Crippen molar-refractivity contribution in [2.75, 3.05) is 25.4 Å². The zero-order chi connectivity index (χ0) is 10.9. The van der Waals surface area contributed by atoms with Gasteiger partial charge in [0.2, 0.25) is 0 Å². The highest BCUT2D eigenvalue weighted by molar-refractivity contribution is 7.98. The third-order valence-corrected chi connectivity index (χ3v) is 3.18. The average molecular weight is 246 g/mol. The summed E-state index contributed by atoms with van der Waals surface area (Å²) in [7, 11) is 0. The smallest absolute Gasteiger partial charge is 0.0555 e. The van der Waals surface area contributed by atoms with Gasteiger partial charge < -0.3 is 10.4 Å². The molecule has 2 nitrogen and oxygen atoms in total. The first-order chi connectivity index (χ1) is 7.33. The standard InChI is InChI=1S/C11H16ClNOS/c12-11-3-1-10(2-4-11)9-15-8-6-13-5-7-14/h1-4,13-14H,5-9H2. The number of benzene rings is 1. The van der Waals surface area contributed by atoms with Crippen LogP contribution in [0.1, 0.15) is 5.56 Å².